The van der Waals surface area contributed by atoms with Crippen molar-refractivity contribution < 1.29 is 4.79 Å². The van der Waals surface area contributed by atoms with Crippen molar-refractivity contribution in [2.45, 2.75) is 13.5 Å². The molecule has 0 radical (unpaired) electrons. The molecule has 0 spiro atoms. The number of anilines is 1. The molecule has 2 rings (SSSR count). The molecule has 0 unspecified atom stereocenters. The summed E-state index contributed by atoms with van der Waals surface area (Å²) in [6.07, 6.45) is 1.65. The summed E-state index contributed by atoms with van der Waals surface area (Å²) in [6, 6.07) is 10.9. The maximum atomic E-state index is 11.9. The Morgan fingerprint density at radius 3 is 2.55 bits per heavy atom. The number of hydrogen-bond donors (Lipinski definition) is 2. The molecule has 1 amide bonds. The lowest BCUT2D eigenvalue weighted by Gasteiger charge is -2.06. The predicted molar refractivity (Wildman–Crippen MR) is 81.0 cm³/mol. The van der Waals surface area contributed by atoms with Crippen molar-refractivity contribution in [2.24, 2.45) is 0 Å². The van der Waals surface area contributed by atoms with Crippen molar-refractivity contribution in [3.63, 3.8) is 0 Å². The first-order valence-corrected chi connectivity index (χ1v) is 6.79. The van der Waals surface area contributed by atoms with Crippen molar-refractivity contribution in [1.82, 2.24) is 10.3 Å². The maximum absolute atomic E-state index is 11.9. The number of halogens is 1. The number of benzene rings is 1. The average molecular weight is 290 g/mol. The van der Waals surface area contributed by atoms with Crippen LogP contribution in [-0.4, -0.2) is 17.4 Å². The number of carbonyl (C=O) groups excluding carboxylic acids is 1. The summed E-state index contributed by atoms with van der Waals surface area (Å²) in [5, 5.41) is 6.63. The Hall–Kier alpha value is -2.07. The number of carbonyl (C=O) groups is 1. The van der Waals surface area contributed by atoms with Gasteiger partial charge in [-0.15, -0.1) is 0 Å². The van der Waals surface area contributed by atoms with Crippen LogP contribution in [0.1, 0.15) is 23.0 Å². The Labute approximate surface area is 123 Å². The average Bonchev–Trinajstić information content (AvgIpc) is 2.47. The van der Waals surface area contributed by atoms with Crippen LogP contribution in [0.25, 0.3) is 0 Å². The van der Waals surface area contributed by atoms with E-state index in [-0.39, 0.29) is 5.91 Å². The van der Waals surface area contributed by atoms with Crippen LogP contribution in [0.3, 0.4) is 0 Å². The summed E-state index contributed by atoms with van der Waals surface area (Å²) in [6.45, 7) is 3.28. The number of aromatic nitrogens is 1. The Kier molecular flexibility index (Phi) is 4.96. The smallest absolute Gasteiger partial charge is 0.270 e. The second kappa shape index (κ2) is 6.91. The molecule has 0 fully saturated rings. The first-order chi connectivity index (χ1) is 9.69. The van der Waals surface area contributed by atoms with E-state index in [1.54, 1.807) is 24.4 Å². The van der Waals surface area contributed by atoms with Gasteiger partial charge < -0.3 is 10.6 Å². The molecule has 1 aromatic heterocycles. The van der Waals surface area contributed by atoms with Crippen LogP contribution >= 0.6 is 11.6 Å². The molecule has 2 N–H and O–H groups in total. The van der Waals surface area contributed by atoms with E-state index < -0.39 is 0 Å². The van der Waals surface area contributed by atoms with Crippen molar-refractivity contribution in [3.8, 4) is 0 Å². The highest BCUT2D eigenvalue weighted by Crippen LogP contribution is 2.10. The van der Waals surface area contributed by atoms with Gasteiger partial charge in [0, 0.05) is 18.1 Å². The molecule has 1 aromatic carbocycles. The Bertz CT molecular complexity index is 567. The monoisotopic (exact) mass is 289 g/mol. The van der Waals surface area contributed by atoms with Crippen molar-refractivity contribution in [1.29, 1.82) is 0 Å². The van der Waals surface area contributed by atoms with E-state index in [1.807, 2.05) is 25.1 Å². The topological polar surface area (TPSA) is 54.0 Å². The van der Waals surface area contributed by atoms with Crippen LogP contribution in [0.4, 0.5) is 5.69 Å². The lowest BCUT2D eigenvalue weighted by atomic mass is 10.2. The van der Waals surface area contributed by atoms with Gasteiger partial charge in [0.05, 0.1) is 11.9 Å². The lowest BCUT2D eigenvalue weighted by molar-refractivity contribution is 0.0946. The first-order valence-electron chi connectivity index (χ1n) is 6.41. The molecule has 0 saturated carbocycles. The normalized spacial score (nSPS) is 10.1. The van der Waals surface area contributed by atoms with Gasteiger partial charge in [0.25, 0.3) is 5.91 Å². The molecule has 2 aromatic rings. The summed E-state index contributed by atoms with van der Waals surface area (Å²) in [5.74, 6) is -0.192. The zero-order valence-electron chi connectivity index (χ0n) is 11.2. The Morgan fingerprint density at radius 1 is 1.20 bits per heavy atom. The molecule has 0 atom stereocenters. The van der Waals surface area contributed by atoms with Crippen molar-refractivity contribution in [3.05, 3.63) is 58.9 Å². The van der Waals surface area contributed by atoms with E-state index in [0.29, 0.717) is 17.3 Å². The quantitative estimate of drug-likeness (QED) is 0.889. The van der Waals surface area contributed by atoms with Gasteiger partial charge >= 0.3 is 0 Å². The standard InChI is InChI=1S/C15H16ClN3O/c1-2-17-13-7-8-14(18-10-13)15(20)19-9-11-3-5-12(16)6-4-11/h3-8,10,17H,2,9H2,1H3,(H,19,20). The molecule has 0 bridgehead atoms. The van der Waals surface area contributed by atoms with Gasteiger partial charge in [-0.05, 0) is 36.8 Å². The number of nitrogens with one attached hydrogen (secondary N) is 2. The number of hydrogen-bond acceptors (Lipinski definition) is 3. The second-order valence-corrected chi connectivity index (χ2v) is 4.71. The minimum atomic E-state index is -0.192. The predicted octanol–water partition coefficient (Wildman–Crippen LogP) is 3.10. The van der Waals surface area contributed by atoms with E-state index >= 15 is 0 Å². The van der Waals surface area contributed by atoms with E-state index in [2.05, 4.69) is 15.6 Å². The fraction of sp³-hybridized carbons (Fsp3) is 0.200. The molecule has 0 aliphatic rings. The van der Waals surface area contributed by atoms with Crippen LogP contribution in [0.5, 0.6) is 0 Å². The largest absolute Gasteiger partial charge is 0.384 e. The van der Waals surface area contributed by atoms with Crippen LogP contribution in [0.15, 0.2) is 42.6 Å². The first kappa shape index (κ1) is 14.3. The summed E-state index contributed by atoms with van der Waals surface area (Å²) in [7, 11) is 0. The summed E-state index contributed by atoms with van der Waals surface area (Å²) >= 11 is 5.81. The third-order valence-corrected chi connectivity index (χ3v) is 3.00. The third kappa shape index (κ3) is 3.96. The fourth-order valence-corrected chi connectivity index (χ4v) is 1.84. The molecule has 5 heteroatoms. The van der Waals surface area contributed by atoms with Gasteiger partial charge in [-0.25, -0.2) is 4.98 Å². The highest BCUT2D eigenvalue weighted by atomic mass is 35.5. The van der Waals surface area contributed by atoms with Crippen LogP contribution in [-0.2, 0) is 6.54 Å². The number of pyridine rings is 1. The van der Waals surface area contributed by atoms with Gasteiger partial charge in [0.1, 0.15) is 5.69 Å². The van der Waals surface area contributed by atoms with E-state index in [9.17, 15) is 4.79 Å². The molecule has 20 heavy (non-hydrogen) atoms. The van der Waals surface area contributed by atoms with Crippen molar-refractivity contribution >= 4 is 23.2 Å². The van der Waals surface area contributed by atoms with Crippen LogP contribution < -0.4 is 10.6 Å². The van der Waals surface area contributed by atoms with Gasteiger partial charge in [0.2, 0.25) is 0 Å². The zero-order valence-corrected chi connectivity index (χ0v) is 11.9. The molecule has 1 heterocycles. The van der Waals surface area contributed by atoms with Crippen LogP contribution in [0.2, 0.25) is 5.02 Å². The van der Waals surface area contributed by atoms with E-state index in [0.717, 1.165) is 17.8 Å². The zero-order chi connectivity index (χ0) is 14.4. The van der Waals surface area contributed by atoms with E-state index in [4.69, 9.17) is 11.6 Å². The van der Waals surface area contributed by atoms with Gasteiger partial charge in [-0.3, -0.25) is 4.79 Å². The molecule has 0 aliphatic carbocycles. The Balaban J connectivity index is 1.92. The highest BCUT2D eigenvalue weighted by Gasteiger charge is 2.06. The SMILES string of the molecule is CCNc1ccc(C(=O)NCc2ccc(Cl)cc2)nc1. The molecule has 4 nitrogen and oxygen atoms in total. The minimum absolute atomic E-state index is 0.192. The van der Waals surface area contributed by atoms with Gasteiger partial charge in [-0.2, -0.15) is 0 Å². The number of nitrogens with zero attached hydrogens (tertiary/aromatic N) is 1. The number of amides is 1. The molecular formula is C15H16ClN3O. The summed E-state index contributed by atoms with van der Waals surface area (Å²) in [5.41, 5.74) is 2.30. The lowest BCUT2D eigenvalue weighted by Crippen LogP contribution is -2.23. The van der Waals surface area contributed by atoms with Crippen molar-refractivity contribution in [2.75, 3.05) is 11.9 Å². The molecule has 0 saturated heterocycles. The fourth-order valence-electron chi connectivity index (χ4n) is 1.71. The Morgan fingerprint density at radius 2 is 1.95 bits per heavy atom. The summed E-state index contributed by atoms with van der Waals surface area (Å²) < 4.78 is 0. The minimum Gasteiger partial charge on any atom is -0.384 e. The van der Waals surface area contributed by atoms with Crippen LogP contribution in [0, 0.1) is 0 Å². The molecule has 104 valence electrons. The number of rotatable bonds is 5. The maximum Gasteiger partial charge on any atom is 0.270 e. The van der Waals surface area contributed by atoms with E-state index in [1.165, 1.54) is 0 Å². The molecule has 0 aliphatic heterocycles. The third-order valence-electron chi connectivity index (χ3n) is 2.74. The molecular weight excluding hydrogens is 274 g/mol. The summed E-state index contributed by atoms with van der Waals surface area (Å²) in [4.78, 5) is 16.1. The van der Waals surface area contributed by atoms with Gasteiger partial charge in [-0.1, -0.05) is 23.7 Å². The highest BCUT2D eigenvalue weighted by molar-refractivity contribution is 6.30. The van der Waals surface area contributed by atoms with Gasteiger partial charge in [0.15, 0.2) is 0 Å². The second-order valence-electron chi connectivity index (χ2n) is 4.27.